The van der Waals surface area contributed by atoms with Gasteiger partial charge in [-0.25, -0.2) is 0 Å². The summed E-state index contributed by atoms with van der Waals surface area (Å²) >= 11 is 0. The first kappa shape index (κ1) is 20.3. The highest BCUT2D eigenvalue weighted by Crippen LogP contribution is 2.20. The number of likely N-dealkylation sites (tertiary alicyclic amines) is 1. The molecule has 1 fully saturated rings. The van der Waals surface area contributed by atoms with Gasteiger partial charge < -0.3 is 10.2 Å². The second-order valence-electron chi connectivity index (χ2n) is 7.20. The molecule has 2 amide bonds. The number of benzene rings is 2. The fourth-order valence-corrected chi connectivity index (χ4v) is 3.21. The third-order valence-corrected chi connectivity index (χ3v) is 4.98. The average Bonchev–Trinajstić information content (AvgIpc) is 2.74. The van der Waals surface area contributed by atoms with Crippen molar-refractivity contribution in [2.75, 3.05) is 13.1 Å². The van der Waals surface area contributed by atoms with Crippen LogP contribution in [0.2, 0.25) is 0 Å². The molecule has 0 unspecified atom stereocenters. The van der Waals surface area contributed by atoms with Crippen LogP contribution in [0.1, 0.15) is 35.7 Å². The minimum Gasteiger partial charge on any atom is -0.337 e. The van der Waals surface area contributed by atoms with Gasteiger partial charge >= 0.3 is 0 Å². The largest absolute Gasteiger partial charge is 0.337 e. The summed E-state index contributed by atoms with van der Waals surface area (Å²) in [6.45, 7) is 3.39. The van der Waals surface area contributed by atoms with Crippen LogP contribution in [0.5, 0.6) is 0 Å². The van der Waals surface area contributed by atoms with Gasteiger partial charge in [0.05, 0.1) is 4.92 Å². The van der Waals surface area contributed by atoms with E-state index in [4.69, 9.17) is 0 Å². The van der Waals surface area contributed by atoms with Gasteiger partial charge in [-0.1, -0.05) is 37.3 Å². The zero-order chi connectivity index (χ0) is 20.8. The van der Waals surface area contributed by atoms with Crippen molar-refractivity contribution in [1.29, 1.82) is 0 Å². The Morgan fingerprint density at radius 1 is 1.10 bits per heavy atom. The Morgan fingerprint density at radius 2 is 1.79 bits per heavy atom. The van der Waals surface area contributed by atoms with E-state index in [0.717, 1.165) is 12.8 Å². The lowest BCUT2D eigenvalue weighted by Gasteiger charge is -2.31. The molecule has 1 aliphatic rings. The molecule has 1 N–H and O–H groups in total. The number of rotatable bonds is 5. The van der Waals surface area contributed by atoms with E-state index in [-0.39, 0.29) is 17.3 Å². The molecule has 3 rings (SSSR count). The van der Waals surface area contributed by atoms with Crippen molar-refractivity contribution in [1.82, 2.24) is 10.2 Å². The van der Waals surface area contributed by atoms with Crippen molar-refractivity contribution in [3.05, 3.63) is 81.5 Å². The van der Waals surface area contributed by atoms with Crippen LogP contribution in [-0.2, 0) is 4.79 Å². The van der Waals surface area contributed by atoms with Gasteiger partial charge in [0, 0.05) is 30.8 Å². The highest BCUT2D eigenvalue weighted by atomic mass is 16.6. The van der Waals surface area contributed by atoms with Gasteiger partial charge in [0.15, 0.2) is 0 Å². The van der Waals surface area contributed by atoms with Gasteiger partial charge in [-0.05, 0) is 42.5 Å². The third-order valence-electron chi connectivity index (χ3n) is 4.98. The van der Waals surface area contributed by atoms with Crippen molar-refractivity contribution in [2.24, 2.45) is 5.92 Å². The average molecular weight is 393 g/mol. The fourth-order valence-electron chi connectivity index (χ4n) is 3.21. The zero-order valence-electron chi connectivity index (χ0n) is 16.2. The maximum absolute atomic E-state index is 13.1. The van der Waals surface area contributed by atoms with Crippen LogP contribution in [0, 0.1) is 16.0 Å². The summed E-state index contributed by atoms with van der Waals surface area (Å²) in [5, 5.41) is 13.8. The molecule has 1 heterocycles. The van der Waals surface area contributed by atoms with E-state index in [1.54, 1.807) is 47.4 Å². The van der Waals surface area contributed by atoms with Crippen LogP contribution in [0.15, 0.2) is 60.3 Å². The normalized spacial score (nSPS) is 15.1. The molecule has 150 valence electrons. The quantitative estimate of drug-likeness (QED) is 0.477. The van der Waals surface area contributed by atoms with E-state index >= 15 is 0 Å². The number of hydrogen-bond acceptors (Lipinski definition) is 4. The Labute approximate surface area is 169 Å². The lowest BCUT2D eigenvalue weighted by Crippen LogP contribution is -2.42. The molecular formula is C22H23N3O4. The summed E-state index contributed by atoms with van der Waals surface area (Å²) in [4.78, 5) is 38.0. The molecule has 1 aliphatic heterocycles. The van der Waals surface area contributed by atoms with E-state index in [1.165, 1.54) is 18.2 Å². The molecule has 0 saturated carbocycles. The molecule has 0 aromatic heterocycles. The number of amides is 2. The number of nitro groups is 1. The molecule has 0 aliphatic carbocycles. The Balaban J connectivity index is 1.90. The van der Waals surface area contributed by atoms with Gasteiger partial charge in [0.1, 0.15) is 5.70 Å². The number of carbonyl (C=O) groups excluding carboxylic acids is 2. The number of nitrogens with zero attached hydrogens (tertiary/aromatic N) is 2. The Hall–Kier alpha value is -3.48. The summed E-state index contributed by atoms with van der Waals surface area (Å²) in [5.74, 6) is -0.129. The number of piperidine rings is 1. The second-order valence-corrected chi connectivity index (χ2v) is 7.20. The number of non-ortho nitro benzene ring substituents is 1. The molecule has 0 spiro atoms. The lowest BCUT2D eigenvalue weighted by molar-refractivity contribution is -0.384. The summed E-state index contributed by atoms with van der Waals surface area (Å²) < 4.78 is 0. The van der Waals surface area contributed by atoms with E-state index < -0.39 is 10.8 Å². The maximum atomic E-state index is 13.1. The minimum atomic E-state index is -0.493. The first-order valence-corrected chi connectivity index (χ1v) is 9.56. The molecule has 7 nitrogen and oxygen atoms in total. The van der Waals surface area contributed by atoms with Crippen molar-refractivity contribution in [2.45, 2.75) is 19.8 Å². The predicted molar refractivity (Wildman–Crippen MR) is 110 cm³/mol. The Bertz CT molecular complexity index is 932. The minimum absolute atomic E-state index is 0.0771. The second kappa shape index (κ2) is 9.14. The number of carbonyl (C=O) groups is 2. The first-order valence-electron chi connectivity index (χ1n) is 9.56. The Morgan fingerprint density at radius 3 is 2.45 bits per heavy atom. The molecular weight excluding hydrogens is 370 g/mol. The van der Waals surface area contributed by atoms with E-state index in [1.807, 2.05) is 0 Å². The molecule has 0 bridgehead atoms. The summed E-state index contributed by atoms with van der Waals surface area (Å²) in [5.41, 5.74) is 0.930. The van der Waals surface area contributed by atoms with Crippen molar-refractivity contribution in [3.63, 3.8) is 0 Å². The van der Waals surface area contributed by atoms with Gasteiger partial charge in [0.2, 0.25) is 0 Å². The van der Waals surface area contributed by atoms with Crippen LogP contribution >= 0.6 is 0 Å². The molecule has 0 atom stereocenters. The van der Waals surface area contributed by atoms with Gasteiger partial charge in [-0.3, -0.25) is 19.7 Å². The van der Waals surface area contributed by atoms with Crippen LogP contribution in [0.3, 0.4) is 0 Å². The lowest BCUT2D eigenvalue weighted by atomic mass is 9.99. The molecule has 1 saturated heterocycles. The van der Waals surface area contributed by atoms with Crippen LogP contribution in [0.4, 0.5) is 5.69 Å². The van der Waals surface area contributed by atoms with Gasteiger partial charge in [-0.2, -0.15) is 0 Å². The van der Waals surface area contributed by atoms with Crippen molar-refractivity contribution >= 4 is 23.6 Å². The number of nitro benzene ring substituents is 1. The van der Waals surface area contributed by atoms with Gasteiger partial charge in [-0.15, -0.1) is 0 Å². The smallest absolute Gasteiger partial charge is 0.270 e. The summed E-state index contributed by atoms with van der Waals surface area (Å²) in [6.07, 6.45) is 3.30. The van der Waals surface area contributed by atoms with Crippen molar-refractivity contribution < 1.29 is 14.5 Å². The van der Waals surface area contributed by atoms with E-state index in [2.05, 4.69) is 12.2 Å². The molecule has 2 aromatic rings. The number of nitrogens with one attached hydrogen (secondary N) is 1. The number of hydrogen-bond donors (Lipinski definition) is 1. The topological polar surface area (TPSA) is 92.6 Å². The van der Waals surface area contributed by atoms with E-state index in [0.29, 0.717) is 30.1 Å². The van der Waals surface area contributed by atoms with Crippen LogP contribution in [-0.4, -0.2) is 34.7 Å². The maximum Gasteiger partial charge on any atom is 0.270 e. The highest BCUT2D eigenvalue weighted by molar-refractivity contribution is 6.05. The Kier molecular flexibility index (Phi) is 6.39. The molecule has 0 radical (unpaired) electrons. The van der Waals surface area contributed by atoms with Crippen LogP contribution in [0.25, 0.3) is 6.08 Å². The molecule has 7 heteroatoms. The first-order chi connectivity index (χ1) is 13.9. The molecule has 29 heavy (non-hydrogen) atoms. The monoisotopic (exact) mass is 393 g/mol. The van der Waals surface area contributed by atoms with E-state index in [9.17, 15) is 19.7 Å². The summed E-state index contributed by atoms with van der Waals surface area (Å²) in [6, 6.07) is 14.6. The summed E-state index contributed by atoms with van der Waals surface area (Å²) in [7, 11) is 0. The fraction of sp³-hybridized carbons (Fsp3) is 0.273. The van der Waals surface area contributed by atoms with Crippen molar-refractivity contribution in [3.8, 4) is 0 Å². The van der Waals surface area contributed by atoms with Gasteiger partial charge in [0.25, 0.3) is 17.5 Å². The molecule has 2 aromatic carbocycles. The van der Waals surface area contributed by atoms with Crippen LogP contribution < -0.4 is 5.32 Å². The standard InChI is InChI=1S/C22H23N3O4/c1-16-10-12-24(13-11-16)22(27)20(23-21(26)18-7-3-2-4-8-18)15-17-6-5-9-19(14-17)25(28)29/h2-9,14-16H,10-13H2,1H3,(H,23,26)/b20-15+. The third kappa shape index (κ3) is 5.28. The highest BCUT2D eigenvalue weighted by Gasteiger charge is 2.24. The predicted octanol–water partition coefficient (Wildman–Crippen LogP) is 3.62. The SMILES string of the molecule is CC1CCN(C(=O)/C(=C\c2cccc([N+](=O)[O-])c2)NC(=O)c2ccccc2)CC1. The zero-order valence-corrected chi connectivity index (χ0v) is 16.2.